The molecule has 0 amide bonds. The fraction of sp³-hybridized carbons (Fsp3) is 0.143. The van der Waals surface area contributed by atoms with E-state index in [1.165, 1.54) is 30.3 Å². The van der Waals surface area contributed by atoms with Gasteiger partial charge in [-0.2, -0.15) is 8.42 Å². The zero-order chi connectivity index (χ0) is 18.5. The highest BCUT2D eigenvalue weighted by Gasteiger charge is 2.13. The van der Waals surface area contributed by atoms with Crippen molar-refractivity contribution in [3.05, 3.63) is 52.1 Å². The number of nitro groups is 1. The van der Waals surface area contributed by atoms with Crippen molar-refractivity contribution in [2.45, 2.75) is 11.8 Å². The molecule has 2 aromatic rings. The van der Waals surface area contributed by atoms with Gasteiger partial charge in [0.05, 0.1) is 10.6 Å². The van der Waals surface area contributed by atoms with E-state index < -0.39 is 15.0 Å². The molecule has 0 bridgehead atoms. The van der Waals surface area contributed by atoms with Gasteiger partial charge in [-0.05, 0) is 36.8 Å². The molecule has 0 atom stereocenters. The van der Waals surface area contributed by atoms with Gasteiger partial charge in [0.2, 0.25) is 0 Å². The molecule has 10 heteroatoms. The number of anilines is 3. The first-order chi connectivity index (χ1) is 11.1. The van der Waals surface area contributed by atoms with Crippen molar-refractivity contribution in [1.82, 2.24) is 0 Å². The zero-order valence-electron chi connectivity index (χ0n) is 13.1. The molecule has 0 aliphatic carbocycles. The minimum absolute atomic E-state index is 0.0292. The lowest BCUT2D eigenvalue weighted by Gasteiger charge is -2.05. The van der Waals surface area contributed by atoms with E-state index in [1.54, 1.807) is 20.0 Å². The molecule has 2 aromatic carbocycles. The number of nitrogen functional groups attached to an aromatic ring is 2. The van der Waals surface area contributed by atoms with Gasteiger partial charge in [0, 0.05) is 30.6 Å². The predicted octanol–water partition coefficient (Wildman–Crippen LogP) is 2.04. The van der Waals surface area contributed by atoms with Crippen molar-refractivity contribution in [3.63, 3.8) is 0 Å². The third-order valence-electron chi connectivity index (χ3n) is 3.04. The van der Waals surface area contributed by atoms with Gasteiger partial charge in [-0.1, -0.05) is 0 Å². The molecule has 0 aliphatic heterocycles. The van der Waals surface area contributed by atoms with Crippen LogP contribution in [0.2, 0.25) is 0 Å². The highest BCUT2D eigenvalue weighted by Crippen LogP contribution is 2.21. The summed E-state index contributed by atoms with van der Waals surface area (Å²) in [7, 11) is -2.59. The summed E-state index contributed by atoms with van der Waals surface area (Å²) in [6.45, 7) is 1.74. The van der Waals surface area contributed by atoms with Crippen molar-refractivity contribution < 1.29 is 17.9 Å². The zero-order valence-corrected chi connectivity index (χ0v) is 13.9. The Bertz CT molecular complexity index is 852. The number of rotatable bonds is 3. The summed E-state index contributed by atoms with van der Waals surface area (Å²) < 4.78 is 30.3. The van der Waals surface area contributed by atoms with E-state index in [4.69, 9.17) is 16.0 Å². The molecule has 0 saturated carbocycles. The van der Waals surface area contributed by atoms with E-state index in [2.05, 4.69) is 5.32 Å². The Morgan fingerprint density at radius 3 is 2.17 bits per heavy atom. The van der Waals surface area contributed by atoms with Gasteiger partial charge in [-0.3, -0.25) is 14.7 Å². The van der Waals surface area contributed by atoms with Crippen LogP contribution in [-0.2, 0) is 10.1 Å². The number of nitrogens with two attached hydrogens (primary N) is 2. The summed E-state index contributed by atoms with van der Waals surface area (Å²) in [4.78, 5) is 9.51. The first-order valence-corrected chi connectivity index (χ1v) is 8.05. The first kappa shape index (κ1) is 19.2. The summed E-state index contributed by atoms with van der Waals surface area (Å²) in [6.07, 6.45) is 0. The molecule has 0 saturated heterocycles. The lowest BCUT2D eigenvalue weighted by atomic mass is 10.2. The van der Waals surface area contributed by atoms with Crippen molar-refractivity contribution in [3.8, 4) is 0 Å². The molecular formula is C14H18N4O5S. The molecule has 6 N–H and O–H groups in total. The first-order valence-electron chi connectivity index (χ1n) is 6.61. The molecule has 0 fully saturated rings. The summed E-state index contributed by atoms with van der Waals surface area (Å²) in [5, 5.41) is 13.0. The van der Waals surface area contributed by atoms with E-state index in [1.807, 2.05) is 0 Å². The molecule has 9 nitrogen and oxygen atoms in total. The van der Waals surface area contributed by atoms with E-state index in [0.717, 1.165) is 5.56 Å². The second kappa shape index (κ2) is 7.62. The Hall–Kier alpha value is -2.85. The average Bonchev–Trinajstić information content (AvgIpc) is 2.50. The molecule has 0 aliphatic rings. The molecule has 0 aromatic heterocycles. The number of nitrogens with one attached hydrogen (secondary N) is 1. The third kappa shape index (κ3) is 5.11. The molecule has 130 valence electrons. The summed E-state index contributed by atoms with van der Waals surface area (Å²) in [5.74, 6) is 0. The number of benzene rings is 2. The van der Waals surface area contributed by atoms with Gasteiger partial charge in [-0.25, -0.2) is 0 Å². The number of hydrogen-bond donors (Lipinski definition) is 4. The van der Waals surface area contributed by atoms with Crippen LogP contribution < -0.4 is 16.8 Å². The van der Waals surface area contributed by atoms with Crippen LogP contribution in [0.15, 0.2) is 41.3 Å². The number of non-ortho nitro benzene ring substituents is 1. The average molecular weight is 354 g/mol. The normalized spacial score (nSPS) is 10.5. The van der Waals surface area contributed by atoms with Crippen LogP contribution in [0.1, 0.15) is 5.56 Å². The molecule has 0 heterocycles. The lowest BCUT2D eigenvalue weighted by molar-refractivity contribution is -0.384. The standard InChI is InChI=1S/C7H10N2O3S.C7H8N2O2/c1-9-5-2-3-6(8)7(4-5)13(10,11)12;1-5-4-6(9(10)11)2-3-7(5)8/h2-4,9H,8H2,1H3,(H,10,11,12);2-4H,8H2,1H3. The van der Waals surface area contributed by atoms with Crippen LogP contribution in [0, 0.1) is 17.0 Å². The van der Waals surface area contributed by atoms with Crippen molar-refractivity contribution in [2.24, 2.45) is 0 Å². The Morgan fingerprint density at radius 1 is 1.12 bits per heavy atom. The molecule has 0 unspecified atom stereocenters. The van der Waals surface area contributed by atoms with E-state index in [-0.39, 0.29) is 16.3 Å². The van der Waals surface area contributed by atoms with E-state index in [0.29, 0.717) is 11.4 Å². The van der Waals surface area contributed by atoms with Gasteiger partial charge in [0.15, 0.2) is 0 Å². The minimum Gasteiger partial charge on any atom is -0.399 e. The van der Waals surface area contributed by atoms with Crippen LogP contribution in [0.3, 0.4) is 0 Å². The number of nitro benzene ring substituents is 1. The highest BCUT2D eigenvalue weighted by molar-refractivity contribution is 7.86. The maximum atomic E-state index is 10.8. The highest BCUT2D eigenvalue weighted by atomic mass is 32.2. The smallest absolute Gasteiger partial charge is 0.296 e. The molecule has 24 heavy (non-hydrogen) atoms. The van der Waals surface area contributed by atoms with Gasteiger partial charge in [0.1, 0.15) is 4.90 Å². The number of nitrogens with zero attached hydrogens (tertiary/aromatic N) is 1. The van der Waals surface area contributed by atoms with Crippen molar-refractivity contribution in [2.75, 3.05) is 23.8 Å². The minimum atomic E-state index is -4.23. The SMILES string of the molecule is CNc1ccc(N)c(S(=O)(=O)O)c1.Cc1cc([N+](=O)[O-])ccc1N. The Balaban J connectivity index is 0.000000243. The largest absolute Gasteiger partial charge is 0.399 e. The molecule has 0 spiro atoms. The van der Waals surface area contributed by atoms with Crippen LogP contribution >= 0.6 is 0 Å². The summed E-state index contributed by atoms with van der Waals surface area (Å²) in [6, 6.07) is 8.68. The van der Waals surface area contributed by atoms with Crippen LogP contribution in [-0.4, -0.2) is 24.9 Å². The Morgan fingerprint density at radius 2 is 1.71 bits per heavy atom. The van der Waals surface area contributed by atoms with E-state index >= 15 is 0 Å². The van der Waals surface area contributed by atoms with E-state index in [9.17, 15) is 18.5 Å². The van der Waals surface area contributed by atoms with Crippen LogP contribution in [0.4, 0.5) is 22.7 Å². The second-order valence-corrected chi connectivity index (χ2v) is 6.17. The molecule has 0 radical (unpaired) electrons. The predicted molar refractivity (Wildman–Crippen MR) is 92.5 cm³/mol. The van der Waals surface area contributed by atoms with Crippen LogP contribution in [0.5, 0.6) is 0 Å². The summed E-state index contributed by atoms with van der Waals surface area (Å²) >= 11 is 0. The summed E-state index contributed by atoms with van der Waals surface area (Å²) in [5.41, 5.74) is 12.8. The quantitative estimate of drug-likeness (QED) is 0.282. The van der Waals surface area contributed by atoms with Gasteiger partial charge in [0.25, 0.3) is 15.8 Å². The number of hydrogen-bond acceptors (Lipinski definition) is 7. The topological polar surface area (TPSA) is 162 Å². The Labute approximate surface area is 139 Å². The number of aryl methyl sites for hydroxylation is 1. The monoisotopic (exact) mass is 354 g/mol. The molecular weight excluding hydrogens is 336 g/mol. The molecule has 2 rings (SSSR count). The van der Waals surface area contributed by atoms with Gasteiger partial charge >= 0.3 is 0 Å². The lowest BCUT2D eigenvalue weighted by Crippen LogP contribution is -2.03. The van der Waals surface area contributed by atoms with Crippen molar-refractivity contribution >= 4 is 32.9 Å². The van der Waals surface area contributed by atoms with Crippen molar-refractivity contribution in [1.29, 1.82) is 0 Å². The van der Waals surface area contributed by atoms with Crippen LogP contribution in [0.25, 0.3) is 0 Å². The fourth-order valence-corrected chi connectivity index (χ4v) is 2.33. The third-order valence-corrected chi connectivity index (χ3v) is 3.95. The maximum Gasteiger partial charge on any atom is 0.296 e. The maximum absolute atomic E-state index is 10.8. The second-order valence-electron chi connectivity index (χ2n) is 4.78. The fourth-order valence-electron chi connectivity index (χ4n) is 1.69. The van der Waals surface area contributed by atoms with Gasteiger partial charge < -0.3 is 16.8 Å². The van der Waals surface area contributed by atoms with Gasteiger partial charge in [-0.15, -0.1) is 0 Å². The Kier molecular flexibility index (Phi) is 6.09.